The monoisotopic (exact) mass is 613 g/mol. The smallest absolute Gasteiger partial charge is 0.113 e. The number of ether oxygens (including phenoxy) is 4. The number of nitrogens with zero attached hydrogens (tertiary/aromatic N) is 1. The summed E-state index contributed by atoms with van der Waals surface area (Å²) in [6.07, 6.45) is -0.846. The van der Waals surface area contributed by atoms with Crippen LogP contribution in [0.5, 0.6) is 0 Å². The van der Waals surface area contributed by atoms with E-state index < -0.39 is 0 Å². The maximum atomic E-state index is 6.91. The van der Waals surface area contributed by atoms with Crippen molar-refractivity contribution in [3.8, 4) is 0 Å². The van der Waals surface area contributed by atoms with E-state index in [0.717, 1.165) is 28.8 Å². The van der Waals surface area contributed by atoms with Crippen molar-refractivity contribution in [2.75, 3.05) is 13.2 Å². The van der Waals surface area contributed by atoms with Gasteiger partial charge in [0.25, 0.3) is 0 Å². The maximum absolute atomic E-state index is 6.91. The largest absolute Gasteiger partial charge is 0.375 e. The van der Waals surface area contributed by atoms with Gasteiger partial charge in [-0.05, 0) is 27.8 Å². The second kappa shape index (κ2) is 17.0. The highest BCUT2D eigenvalue weighted by Crippen LogP contribution is 2.30. The Bertz CT molecular complexity index is 1530. The van der Waals surface area contributed by atoms with Gasteiger partial charge in [-0.15, -0.1) is 0 Å². The average molecular weight is 614 g/mol. The molecule has 1 aliphatic heterocycles. The Kier molecular flexibility index (Phi) is 11.8. The molecule has 0 aliphatic carbocycles. The molecule has 46 heavy (non-hydrogen) atoms. The van der Waals surface area contributed by atoms with Crippen LogP contribution in [0, 0.1) is 0 Å². The third-order valence-corrected chi connectivity index (χ3v) is 8.46. The Morgan fingerprint density at radius 1 is 0.435 bits per heavy atom. The van der Waals surface area contributed by atoms with Crippen molar-refractivity contribution in [3.05, 3.63) is 179 Å². The lowest BCUT2D eigenvalue weighted by Gasteiger charge is -2.48. The summed E-state index contributed by atoms with van der Waals surface area (Å²) in [6, 6.07) is 51.9. The highest BCUT2D eigenvalue weighted by Gasteiger charge is 2.46. The molecule has 0 aromatic heterocycles. The number of rotatable bonds is 15. The van der Waals surface area contributed by atoms with Gasteiger partial charge in [-0.1, -0.05) is 152 Å². The summed E-state index contributed by atoms with van der Waals surface area (Å²) in [6.45, 7) is 3.90. The number of likely N-dealkylation sites (tertiary alicyclic amines) is 1. The van der Waals surface area contributed by atoms with E-state index >= 15 is 0 Å². The Balaban J connectivity index is 1.31. The van der Waals surface area contributed by atoms with Crippen molar-refractivity contribution in [2.45, 2.75) is 57.3 Å². The van der Waals surface area contributed by atoms with Gasteiger partial charge in [0.15, 0.2) is 0 Å². The van der Waals surface area contributed by atoms with Crippen molar-refractivity contribution in [2.24, 2.45) is 0 Å². The van der Waals surface area contributed by atoms with Crippen LogP contribution in [0.1, 0.15) is 27.8 Å². The summed E-state index contributed by atoms with van der Waals surface area (Å²) < 4.78 is 27.0. The molecule has 0 saturated carbocycles. The fourth-order valence-corrected chi connectivity index (χ4v) is 6.05. The lowest BCUT2D eigenvalue weighted by Crippen LogP contribution is -2.64. The van der Waals surface area contributed by atoms with Crippen molar-refractivity contribution >= 4 is 0 Å². The van der Waals surface area contributed by atoms with Crippen LogP contribution in [-0.2, 0) is 51.9 Å². The van der Waals surface area contributed by atoms with Crippen molar-refractivity contribution < 1.29 is 18.9 Å². The lowest BCUT2D eigenvalue weighted by molar-refractivity contribution is -0.212. The van der Waals surface area contributed by atoms with E-state index in [1.165, 1.54) is 5.56 Å². The molecule has 0 amide bonds. The zero-order valence-corrected chi connectivity index (χ0v) is 26.3. The van der Waals surface area contributed by atoms with E-state index in [1.807, 2.05) is 36.4 Å². The van der Waals surface area contributed by atoms with Gasteiger partial charge >= 0.3 is 0 Å². The molecule has 1 fully saturated rings. The quantitative estimate of drug-likeness (QED) is 0.120. The average Bonchev–Trinajstić information content (AvgIpc) is 3.12. The lowest BCUT2D eigenvalue weighted by atomic mass is 9.92. The second-order valence-corrected chi connectivity index (χ2v) is 11.8. The number of benzene rings is 5. The van der Waals surface area contributed by atoms with E-state index in [1.54, 1.807) is 0 Å². The predicted molar refractivity (Wildman–Crippen MR) is 182 cm³/mol. The van der Waals surface area contributed by atoms with Gasteiger partial charge in [-0.3, -0.25) is 4.90 Å². The fraction of sp³-hybridized carbons (Fsp3) is 0.268. The molecule has 4 unspecified atom stereocenters. The molecule has 0 N–H and O–H groups in total. The number of hydrogen-bond acceptors (Lipinski definition) is 5. The van der Waals surface area contributed by atoms with Gasteiger partial charge in [-0.25, -0.2) is 0 Å². The van der Waals surface area contributed by atoms with E-state index in [4.69, 9.17) is 18.9 Å². The topological polar surface area (TPSA) is 40.2 Å². The second-order valence-electron chi connectivity index (χ2n) is 11.8. The van der Waals surface area contributed by atoms with Crippen LogP contribution >= 0.6 is 0 Å². The molecular formula is C41H43NO4. The highest BCUT2D eigenvalue weighted by atomic mass is 16.6. The molecule has 0 bridgehead atoms. The molecule has 1 aliphatic rings. The third-order valence-electron chi connectivity index (χ3n) is 8.46. The van der Waals surface area contributed by atoms with Gasteiger partial charge in [0.2, 0.25) is 0 Å². The van der Waals surface area contributed by atoms with Crippen LogP contribution in [0.25, 0.3) is 0 Å². The van der Waals surface area contributed by atoms with E-state index in [0.29, 0.717) is 39.6 Å². The molecule has 4 atom stereocenters. The first-order valence-electron chi connectivity index (χ1n) is 16.2. The minimum Gasteiger partial charge on any atom is -0.375 e. The predicted octanol–water partition coefficient (Wildman–Crippen LogP) is 7.84. The van der Waals surface area contributed by atoms with Gasteiger partial charge in [0, 0.05) is 13.1 Å². The summed E-state index contributed by atoms with van der Waals surface area (Å²) in [5, 5.41) is 0. The van der Waals surface area contributed by atoms with Crippen molar-refractivity contribution in [1.82, 2.24) is 4.90 Å². The maximum Gasteiger partial charge on any atom is 0.113 e. The van der Waals surface area contributed by atoms with Gasteiger partial charge in [0.05, 0.1) is 45.2 Å². The molecule has 6 rings (SSSR count). The van der Waals surface area contributed by atoms with E-state index in [-0.39, 0.29) is 24.4 Å². The van der Waals surface area contributed by atoms with Crippen LogP contribution in [0.3, 0.4) is 0 Å². The zero-order chi connectivity index (χ0) is 31.2. The summed E-state index contributed by atoms with van der Waals surface area (Å²) in [5.41, 5.74) is 5.76. The molecular weight excluding hydrogens is 570 g/mol. The molecule has 5 aromatic carbocycles. The summed E-state index contributed by atoms with van der Waals surface area (Å²) in [7, 11) is 0. The van der Waals surface area contributed by atoms with E-state index in [2.05, 4.69) is 120 Å². The number of hydrogen-bond donors (Lipinski definition) is 0. The van der Waals surface area contributed by atoms with Crippen LogP contribution in [0.4, 0.5) is 0 Å². The normalized spacial score (nSPS) is 20.0. The third kappa shape index (κ3) is 9.23. The first kappa shape index (κ1) is 31.9. The highest BCUT2D eigenvalue weighted by molar-refractivity contribution is 5.18. The SMILES string of the molecule is c1ccc(COCC2C(OCc3ccccc3)C(OCc3ccccc3)C(OCc3ccccc3)CN2Cc2ccccc2)cc1. The molecule has 5 heteroatoms. The van der Waals surface area contributed by atoms with Crippen molar-refractivity contribution in [1.29, 1.82) is 0 Å². The van der Waals surface area contributed by atoms with Crippen LogP contribution in [-0.4, -0.2) is 42.4 Å². The summed E-state index contributed by atoms with van der Waals surface area (Å²) >= 11 is 0. The molecule has 5 nitrogen and oxygen atoms in total. The van der Waals surface area contributed by atoms with E-state index in [9.17, 15) is 0 Å². The Morgan fingerprint density at radius 3 is 1.30 bits per heavy atom. The molecule has 5 aromatic rings. The minimum absolute atomic E-state index is 0.0648. The van der Waals surface area contributed by atoms with Crippen molar-refractivity contribution in [3.63, 3.8) is 0 Å². The van der Waals surface area contributed by atoms with Crippen LogP contribution in [0.2, 0.25) is 0 Å². The Morgan fingerprint density at radius 2 is 0.826 bits per heavy atom. The van der Waals surface area contributed by atoms with Gasteiger partial charge in [-0.2, -0.15) is 0 Å². The van der Waals surface area contributed by atoms with Crippen LogP contribution in [0.15, 0.2) is 152 Å². The van der Waals surface area contributed by atoms with Gasteiger partial charge in [0.1, 0.15) is 12.2 Å². The fourth-order valence-electron chi connectivity index (χ4n) is 6.05. The molecule has 236 valence electrons. The minimum atomic E-state index is -0.315. The number of piperidine rings is 1. The Labute approximate surface area is 273 Å². The molecule has 1 heterocycles. The first-order chi connectivity index (χ1) is 22.8. The van der Waals surface area contributed by atoms with Crippen LogP contribution < -0.4 is 0 Å². The molecule has 1 saturated heterocycles. The molecule has 0 spiro atoms. The summed E-state index contributed by atoms with van der Waals surface area (Å²) in [4.78, 5) is 2.47. The standard InChI is InChI=1S/C41H43NO4/c1-6-16-33(17-7-1)26-42-27-39(44-29-35-20-10-3-11-21-35)41(46-31-37-24-14-5-15-25-37)40(45-30-36-22-12-4-13-23-36)38(42)32-43-28-34-18-8-2-9-19-34/h1-25,38-41H,26-32H2. The van der Waals surface area contributed by atoms with Gasteiger partial charge < -0.3 is 18.9 Å². The molecule has 0 radical (unpaired) electrons. The zero-order valence-electron chi connectivity index (χ0n) is 26.3. The first-order valence-corrected chi connectivity index (χ1v) is 16.2. The summed E-state index contributed by atoms with van der Waals surface area (Å²) in [5.74, 6) is 0. The Hall–Kier alpha value is -4.10.